The molecule has 0 aliphatic rings. The van der Waals surface area contributed by atoms with E-state index in [1.807, 2.05) is 30.3 Å². The van der Waals surface area contributed by atoms with E-state index in [9.17, 15) is 15.2 Å². The number of nitrogens with one attached hydrogen (secondary N) is 1. The first-order chi connectivity index (χ1) is 11.5. The molecule has 0 saturated heterocycles. The van der Waals surface area contributed by atoms with Gasteiger partial charge in [-0.05, 0) is 36.6 Å². The molecule has 0 amide bonds. The second-order valence-corrected chi connectivity index (χ2v) is 5.52. The molecule has 5 nitrogen and oxygen atoms in total. The normalized spacial score (nSPS) is 10.2. The average Bonchev–Trinajstić information content (AvgIpc) is 2.59. The number of hydrogen-bond acceptors (Lipinski definition) is 4. The molecule has 0 atom stereocenters. The van der Waals surface area contributed by atoms with Crippen LogP contribution in [-0.4, -0.2) is 9.67 Å². The van der Waals surface area contributed by atoms with Gasteiger partial charge in [0, 0.05) is 24.3 Å². The summed E-state index contributed by atoms with van der Waals surface area (Å²) in [7, 11) is 0. The first-order valence-electron chi connectivity index (χ1n) is 7.82. The van der Waals surface area contributed by atoms with Gasteiger partial charge in [0.1, 0.15) is 11.6 Å². The topological polar surface area (TPSA) is 78.0 Å². The van der Waals surface area contributed by atoms with Crippen LogP contribution in [0.15, 0.2) is 41.7 Å². The second kappa shape index (κ2) is 7.51. The Balaban J connectivity index is 2.38. The zero-order valence-electron chi connectivity index (χ0n) is 14.0. The molecule has 24 heavy (non-hydrogen) atoms. The fourth-order valence-electron chi connectivity index (χ4n) is 2.56. The number of aromatic hydroxyl groups is 1. The molecular formula is C19H21N3O2. The summed E-state index contributed by atoms with van der Waals surface area (Å²) in [5, 5.41) is 22.9. The standard InChI is InChI=1S/C19H21N3O2/c1-4-10-22-18(23)16(11-20)13(3)17(19(22)24)12-21-15-8-6-14(5-2)7-9-15/h4,6-9,21,24H,1,5,10,12H2,2-3H3. The van der Waals surface area contributed by atoms with E-state index in [2.05, 4.69) is 18.8 Å². The van der Waals surface area contributed by atoms with Crippen LogP contribution >= 0.6 is 0 Å². The third-order valence-electron chi connectivity index (χ3n) is 4.07. The van der Waals surface area contributed by atoms with E-state index in [0.717, 1.165) is 16.7 Å². The molecule has 2 aromatic rings. The molecular weight excluding hydrogens is 302 g/mol. The number of aryl methyl sites for hydroxylation is 1. The minimum Gasteiger partial charge on any atom is -0.494 e. The number of benzene rings is 1. The predicted molar refractivity (Wildman–Crippen MR) is 95.2 cm³/mol. The molecule has 124 valence electrons. The van der Waals surface area contributed by atoms with Gasteiger partial charge in [0.2, 0.25) is 0 Å². The molecule has 1 aromatic heterocycles. The van der Waals surface area contributed by atoms with Crippen LogP contribution in [0.4, 0.5) is 5.69 Å². The van der Waals surface area contributed by atoms with Crippen molar-refractivity contribution in [2.24, 2.45) is 0 Å². The number of hydrogen-bond donors (Lipinski definition) is 2. The van der Waals surface area contributed by atoms with Crippen LogP contribution in [0.2, 0.25) is 0 Å². The van der Waals surface area contributed by atoms with E-state index < -0.39 is 5.56 Å². The summed E-state index contributed by atoms with van der Waals surface area (Å²) in [6, 6.07) is 9.95. The molecule has 2 rings (SSSR count). The molecule has 1 heterocycles. The zero-order chi connectivity index (χ0) is 17.7. The Hall–Kier alpha value is -3.00. The maximum absolute atomic E-state index is 12.2. The van der Waals surface area contributed by atoms with E-state index in [1.54, 1.807) is 6.92 Å². The summed E-state index contributed by atoms with van der Waals surface area (Å²) in [5.74, 6) is -0.130. The van der Waals surface area contributed by atoms with Crippen LogP contribution in [0.25, 0.3) is 0 Å². The molecule has 1 aromatic carbocycles. The Bertz CT molecular complexity index is 843. The highest BCUT2D eigenvalue weighted by Gasteiger charge is 2.18. The largest absolute Gasteiger partial charge is 0.494 e. The summed E-state index contributed by atoms with van der Waals surface area (Å²) in [5.41, 5.74) is 2.73. The molecule has 5 heteroatoms. The molecule has 0 radical (unpaired) electrons. The lowest BCUT2D eigenvalue weighted by atomic mass is 10.0. The number of aromatic nitrogens is 1. The SMILES string of the molecule is C=CCn1c(O)c(CNc2ccc(CC)cc2)c(C)c(C#N)c1=O. The molecule has 0 fully saturated rings. The van der Waals surface area contributed by atoms with Crippen LogP contribution in [0.3, 0.4) is 0 Å². The van der Waals surface area contributed by atoms with Crippen LogP contribution in [0.5, 0.6) is 5.88 Å². The number of pyridine rings is 1. The summed E-state index contributed by atoms with van der Waals surface area (Å²) >= 11 is 0. The van der Waals surface area contributed by atoms with Crippen LogP contribution in [-0.2, 0) is 19.5 Å². The molecule has 2 N–H and O–H groups in total. The highest BCUT2D eigenvalue weighted by atomic mass is 16.3. The Morgan fingerprint density at radius 2 is 2.04 bits per heavy atom. The van der Waals surface area contributed by atoms with E-state index in [4.69, 9.17) is 0 Å². The average molecular weight is 323 g/mol. The maximum atomic E-state index is 12.2. The molecule has 0 saturated carbocycles. The van der Waals surface area contributed by atoms with E-state index in [1.165, 1.54) is 11.6 Å². The fourth-order valence-corrected chi connectivity index (χ4v) is 2.56. The van der Waals surface area contributed by atoms with Crippen molar-refractivity contribution in [2.45, 2.75) is 33.4 Å². The third-order valence-corrected chi connectivity index (χ3v) is 4.07. The second-order valence-electron chi connectivity index (χ2n) is 5.52. The van der Waals surface area contributed by atoms with Gasteiger partial charge in [-0.3, -0.25) is 9.36 Å². The summed E-state index contributed by atoms with van der Waals surface area (Å²) in [6.45, 7) is 7.82. The van der Waals surface area contributed by atoms with Crippen LogP contribution < -0.4 is 10.9 Å². The lowest BCUT2D eigenvalue weighted by Crippen LogP contribution is -2.25. The van der Waals surface area contributed by atoms with Gasteiger partial charge >= 0.3 is 0 Å². The van der Waals surface area contributed by atoms with Gasteiger partial charge in [-0.1, -0.05) is 25.1 Å². The van der Waals surface area contributed by atoms with Gasteiger partial charge in [-0.2, -0.15) is 5.26 Å². The summed E-state index contributed by atoms with van der Waals surface area (Å²) in [6.07, 6.45) is 2.48. The quantitative estimate of drug-likeness (QED) is 0.801. The Kier molecular flexibility index (Phi) is 5.43. The third kappa shape index (κ3) is 3.33. The Labute approximate surface area is 141 Å². The Morgan fingerprint density at radius 1 is 1.38 bits per heavy atom. The first kappa shape index (κ1) is 17.4. The highest BCUT2D eigenvalue weighted by Crippen LogP contribution is 2.23. The summed E-state index contributed by atoms with van der Waals surface area (Å²) < 4.78 is 1.16. The molecule has 0 spiro atoms. The van der Waals surface area contributed by atoms with E-state index in [-0.39, 0.29) is 18.0 Å². The van der Waals surface area contributed by atoms with Crippen molar-refractivity contribution in [3.8, 4) is 11.9 Å². The van der Waals surface area contributed by atoms with Gasteiger partial charge in [-0.25, -0.2) is 0 Å². The number of allylic oxidation sites excluding steroid dienone is 1. The molecule has 0 aliphatic carbocycles. The lowest BCUT2D eigenvalue weighted by molar-refractivity contribution is 0.409. The minimum atomic E-state index is -0.497. The monoisotopic (exact) mass is 323 g/mol. The van der Waals surface area contributed by atoms with Gasteiger partial charge in [0.05, 0.1) is 0 Å². The first-order valence-corrected chi connectivity index (χ1v) is 7.82. The zero-order valence-corrected chi connectivity index (χ0v) is 14.0. The lowest BCUT2D eigenvalue weighted by Gasteiger charge is -2.16. The van der Waals surface area contributed by atoms with Crippen molar-refractivity contribution in [2.75, 3.05) is 5.32 Å². The van der Waals surface area contributed by atoms with Crippen molar-refractivity contribution in [1.82, 2.24) is 4.57 Å². The van der Waals surface area contributed by atoms with Crippen LogP contribution in [0.1, 0.15) is 29.2 Å². The number of rotatable bonds is 6. The van der Waals surface area contributed by atoms with Crippen molar-refractivity contribution in [3.63, 3.8) is 0 Å². The van der Waals surface area contributed by atoms with Gasteiger partial charge < -0.3 is 10.4 Å². The van der Waals surface area contributed by atoms with Gasteiger partial charge in [0.15, 0.2) is 5.88 Å². The number of nitrogens with zero attached hydrogens (tertiary/aromatic N) is 2. The molecule has 0 unspecified atom stereocenters. The predicted octanol–water partition coefficient (Wildman–Crippen LogP) is 3.09. The van der Waals surface area contributed by atoms with Crippen molar-refractivity contribution in [1.29, 1.82) is 5.26 Å². The summed E-state index contributed by atoms with van der Waals surface area (Å²) in [4.78, 5) is 12.2. The molecule has 0 bridgehead atoms. The van der Waals surface area contributed by atoms with Gasteiger partial charge in [0.25, 0.3) is 5.56 Å². The van der Waals surface area contributed by atoms with E-state index in [0.29, 0.717) is 17.7 Å². The Morgan fingerprint density at radius 3 is 2.58 bits per heavy atom. The van der Waals surface area contributed by atoms with Crippen molar-refractivity contribution in [3.05, 3.63) is 69.5 Å². The van der Waals surface area contributed by atoms with Crippen molar-refractivity contribution < 1.29 is 5.11 Å². The fraction of sp³-hybridized carbons (Fsp3) is 0.263. The highest BCUT2D eigenvalue weighted by molar-refractivity contribution is 5.50. The van der Waals surface area contributed by atoms with Gasteiger partial charge in [-0.15, -0.1) is 6.58 Å². The maximum Gasteiger partial charge on any atom is 0.271 e. The van der Waals surface area contributed by atoms with Crippen LogP contribution in [0, 0.1) is 18.3 Å². The number of anilines is 1. The molecule has 0 aliphatic heterocycles. The minimum absolute atomic E-state index is 0.0489. The smallest absolute Gasteiger partial charge is 0.271 e. The van der Waals surface area contributed by atoms with E-state index >= 15 is 0 Å². The number of nitriles is 1. The van der Waals surface area contributed by atoms with Crippen molar-refractivity contribution >= 4 is 5.69 Å².